The number of hydrogen-bond acceptors (Lipinski definition) is 5. The Balaban J connectivity index is 2.31. The van der Waals surface area contributed by atoms with Gasteiger partial charge in [0.2, 0.25) is 0 Å². The lowest BCUT2D eigenvalue weighted by atomic mass is 10.2. The van der Waals surface area contributed by atoms with Crippen LogP contribution in [0.5, 0.6) is 0 Å². The number of benzene rings is 1. The monoisotopic (exact) mass is 263 g/mol. The van der Waals surface area contributed by atoms with Crippen LogP contribution in [0.2, 0.25) is 0 Å². The van der Waals surface area contributed by atoms with Crippen LogP contribution >= 0.6 is 11.8 Å². The van der Waals surface area contributed by atoms with Gasteiger partial charge in [-0.05, 0) is 19.1 Å². The van der Waals surface area contributed by atoms with Crippen molar-refractivity contribution in [1.82, 2.24) is 9.97 Å². The van der Waals surface area contributed by atoms with E-state index in [4.69, 9.17) is 4.74 Å². The van der Waals surface area contributed by atoms with Gasteiger partial charge in [-0.15, -0.1) is 0 Å². The second-order valence-electron chi connectivity index (χ2n) is 3.74. The molecule has 0 bridgehead atoms. The summed E-state index contributed by atoms with van der Waals surface area (Å²) in [6.07, 6.45) is 0. The van der Waals surface area contributed by atoms with E-state index in [-0.39, 0.29) is 0 Å². The van der Waals surface area contributed by atoms with E-state index in [9.17, 15) is 0 Å². The molecule has 0 fully saturated rings. The maximum absolute atomic E-state index is 5.04. The van der Waals surface area contributed by atoms with E-state index in [1.165, 1.54) is 0 Å². The van der Waals surface area contributed by atoms with Crippen molar-refractivity contribution < 1.29 is 4.74 Å². The topological polar surface area (TPSA) is 47.0 Å². The second-order valence-corrected chi connectivity index (χ2v) is 4.81. The molecule has 0 radical (unpaired) electrons. The molecule has 5 heteroatoms. The molecule has 0 aliphatic heterocycles. The molecular formula is C13H17N3OS. The quantitative estimate of drug-likeness (QED) is 0.493. The van der Waals surface area contributed by atoms with Gasteiger partial charge in [-0.1, -0.05) is 23.9 Å². The Hall–Kier alpha value is -1.33. The summed E-state index contributed by atoms with van der Waals surface area (Å²) in [6, 6.07) is 8.05. The predicted octanol–water partition coefficient (Wildman–Crippen LogP) is 2.80. The third kappa shape index (κ3) is 3.11. The first-order chi connectivity index (χ1) is 8.85. The Morgan fingerprint density at radius 1 is 1.28 bits per heavy atom. The fourth-order valence-electron chi connectivity index (χ4n) is 1.64. The summed E-state index contributed by atoms with van der Waals surface area (Å²) in [7, 11) is 1.70. The molecule has 2 rings (SSSR count). The van der Waals surface area contributed by atoms with Crippen LogP contribution in [0.1, 0.15) is 6.92 Å². The van der Waals surface area contributed by atoms with Crippen molar-refractivity contribution in [3.8, 4) is 0 Å². The molecule has 0 amide bonds. The molecule has 1 aromatic carbocycles. The van der Waals surface area contributed by atoms with Gasteiger partial charge in [-0.3, -0.25) is 0 Å². The van der Waals surface area contributed by atoms with Crippen LogP contribution in [0.15, 0.2) is 29.4 Å². The van der Waals surface area contributed by atoms with Gasteiger partial charge < -0.3 is 10.1 Å². The van der Waals surface area contributed by atoms with E-state index >= 15 is 0 Å². The number of hydrogen-bond donors (Lipinski definition) is 1. The molecule has 0 aliphatic carbocycles. The highest BCUT2D eigenvalue weighted by molar-refractivity contribution is 7.99. The van der Waals surface area contributed by atoms with Crippen molar-refractivity contribution in [1.29, 1.82) is 0 Å². The van der Waals surface area contributed by atoms with Crippen LogP contribution in [-0.2, 0) is 4.74 Å². The van der Waals surface area contributed by atoms with E-state index < -0.39 is 0 Å². The fraction of sp³-hybridized carbons (Fsp3) is 0.385. The molecule has 0 spiro atoms. The third-order valence-electron chi connectivity index (χ3n) is 2.45. The molecule has 96 valence electrons. The largest absolute Gasteiger partial charge is 0.384 e. The Morgan fingerprint density at radius 2 is 2.11 bits per heavy atom. The van der Waals surface area contributed by atoms with Gasteiger partial charge in [-0.2, -0.15) is 0 Å². The second kappa shape index (κ2) is 6.56. The molecule has 1 heterocycles. The zero-order valence-electron chi connectivity index (χ0n) is 10.6. The standard InChI is InChI=1S/C13H17N3OS/c1-3-14-12-10-6-4-5-7-11(10)15-13(16-12)18-9-8-17-2/h4-7H,3,8-9H2,1-2H3,(H,14,15,16). The summed E-state index contributed by atoms with van der Waals surface area (Å²) in [5, 5.41) is 5.14. The highest BCUT2D eigenvalue weighted by atomic mass is 32.2. The first kappa shape index (κ1) is 13.1. The molecule has 18 heavy (non-hydrogen) atoms. The summed E-state index contributed by atoms with van der Waals surface area (Å²) < 4.78 is 5.04. The number of nitrogens with one attached hydrogen (secondary N) is 1. The maximum Gasteiger partial charge on any atom is 0.190 e. The van der Waals surface area contributed by atoms with Gasteiger partial charge in [0.05, 0.1) is 12.1 Å². The minimum absolute atomic E-state index is 0.706. The number of fused-ring (bicyclic) bond motifs is 1. The van der Waals surface area contributed by atoms with E-state index in [2.05, 4.69) is 22.2 Å². The summed E-state index contributed by atoms with van der Waals surface area (Å²) in [5.74, 6) is 1.77. The minimum Gasteiger partial charge on any atom is -0.384 e. The highest BCUT2D eigenvalue weighted by Gasteiger charge is 2.06. The average molecular weight is 263 g/mol. The van der Waals surface area contributed by atoms with Gasteiger partial charge in [0.1, 0.15) is 5.82 Å². The zero-order chi connectivity index (χ0) is 12.8. The minimum atomic E-state index is 0.706. The Labute approximate surface area is 111 Å². The molecule has 0 unspecified atom stereocenters. The van der Waals surface area contributed by atoms with Gasteiger partial charge in [0, 0.05) is 24.8 Å². The Kier molecular flexibility index (Phi) is 4.78. The van der Waals surface area contributed by atoms with E-state index in [0.29, 0.717) is 6.61 Å². The average Bonchev–Trinajstić information content (AvgIpc) is 2.39. The van der Waals surface area contributed by atoms with Crippen LogP contribution in [0.4, 0.5) is 5.82 Å². The SMILES string of the molecule is CCNc1nc(SCCOC)nc2ccccc12. The maximum atomic E-state index is 5.04. The van der Waals surface area contributed by atoms with Crippen molar-refractivity contribution in [2.45, 2.75) is 12.1 Å². The van der Waals surface area contributed by atoms with Gasteiger partial charge in [-0.25, -0.2) is 9.97 Å². The molecule has 0 saturated carbocycles. The van der Waals surface area contributed by atoms with E-state index in [1.807, 2.05) is 24.3 Å². The summed E-state index contributed by atoms with van der Waals surface area (Å²) >= 11 is 1.61. The van der Waals surface area contributed by atoms with Crippen molar-refractivity contribution in [2.75, 3.05) is 31.3 Å². The zero-order valence-corrected chi connectivity index (χ0v) is 11.5. The lowest BCUT2D eigenvalue weighted by molar-refractivity contribution is 0.218. The van der Waals surface area contributed by atoms with Gasteiger partial charge in [0.15, 0.2) is 5.16 Å². The van der Waals surface area contributed by atoms with Crippen molar-refractivity contribution in [2.24, 2.45) is 0 Å². The molecule has 1 N–H and O–H groups in total. The summed E-state index contributed by atoms with van der Waals surface area (Å²) in [4.78, 5) is 9.09. The first-order valence-electron chi connectivity index (χ1n) is 5.97. The van der Waals surface area contributed by atoms with Crippen molar-refractivity contribution >= 4 is 28.5 Å². The molecule has 0 aliphatic rings. The number of para-hydroxylation sites is 1. The smallest absolute Gasteiger partial charge is 0.190 e. The third-order valence-corrected chi connectivity index (χ3v) is 3.26. The van der Waals surface area contributed by atoms with Crippen LogP contribution in [-0.4, -0.2) is 36.0 Å². The van der Waals surface area contributed by atoms with Crippen LogP contribution in [0, 0.1) is 0 Å². The van der Waals surface area contributed by atoms with Gasteiger partial charge >= 0.3 is 0 Å². The molecule has 1 aromatic heterocycles. The molecular weight excluding hydrogens is 246 g/mol. The van der Waals surface area contributed by atoms with Crippen LogP contribution in [0.3, 0.4) is 0 Å². The van der Waals surface area contributed by atoms with Crippen molar-refractivity contribution in [3.05, 3.63) is 24.3 Å². The number of thioether (sulfide) groups is 1. The number of rotatable bonds is 6. The lowest BCUT2D eigenvalue weighted by Gasteiger charge is -2.08. The summed E-state index contributed by atoms with van der Waals surface area (Å²) in [6.45, 7) is 3.62. The lowest BCUT2D eigenvalue weighted by Crippen LogP contribution is -2.03. The molecule has 0 saturated heterocycles. The van der Waals surface area contributed by atoms with Crippen LogP contribution < -0.4 is 5.32 Å². The number of anilines is 1. The normalized spacial score (nSPS) is 10.8. The Bertz CT molecular complexity index is 519. The number of nitrogens with zero attached hydrogens (tertiary/aromatic N) is 2. The molecule has 2 aromatic rings. The van der Waals surface area contributed by atoms with E-state index in [1.54, 1.807) is 18.9 Å². The molecule has 4 nitrogen and oxygen atoms in total. The molecule has 0 atom stereocenters. The Morgan fingerprint density at radius 3 is 2.89 bits per heavy atom. The number of aromatic nitrogens is 2. The predicted molar refractivity (Wildman–Crippen MR) is 76.3 cm³/mol. The summed E-state index contributed by atoms with van der Waals surface area (Å²) in [5.41, 5.74) is 0.975. The fourth-order valence-corrected chi connectivity index (χ4v) is 2.39. The first-order valence-corrected chi connectivity index (χ1v) is 6.96. The number of methoxy groups -OCH3 is 1. The van der Waals surface area contributed by atoms with Crippen LogP contribution in [0.25, 0.3) is 10.9 Å². The number of ether oxygens (including phenoxy) is 1. The van der Waals surface area contributed by atoms with Crippen molar-refractivity contribution in [3.63, 3.8) is 0 Å². The highest BCUT2D eigenvalue weighted by Crippen LogP contribution is 2.23. The van der Waals surface area contributed by atoms with Gasteiger partial charge in [0.25, 0.3) is 0 Å². The van der Waals surface area contributed by atoms with E-state index in [0.717, 1.165) is 34.2 Å².